The lowest BCUT2D eigenvalue weighted by Gasteiger charge is -2.08. The van der Waals surface area contributed by atoms with Crippen LogP contribution in [0.5, 0.6) is 0 Å². The van der Waals surface area contributed by atoms with Gasteiger partial charge in [-0.15, -0.1) is 0 Å². The second-order valence-electron chi connectivity index (χ2n) is 3.89. The molecule has 8 heteroatoms. The van der Waals surface area contributed by atoms with E-state index < -0.39 is 29.1 Å². The summed E-state index contributed by atoms with van der Waals surface area (Å²) in [5.74, 6) is -3.47. The molecule has 0 unspecified atom stereocenters. The van der Waals surface area contributed by atoms with Crippen molar-refractivity contribution in [2.45, 2.75) is 13.8 Å². The second-order valence-corrected chi connectivity index (χ2v) is 4.74. The van der Waals surface area contributed by atoms with Gasteiger partial charge in [0.15, 0.2) is 5.57 Å². The number of rotatable bonds is 6. The predicted molar refractivity (Wildman–Crippen MR) is 79.0 cm³/mol. The Kier molecular flexibility index (Phi) is 6.97. The van der Waals surface area contributed by atoms with Crippen LogP contribution in [-0.2, 0) is 19.1 Å². The van der Waals surface area contributed by atoms with E-state index in [9.17, 15) is 18.4 Å². The van der Waals surface area contributed by atoms with Crippen LogP contribution in [0.1, 0.15) is 13.8 Å². The Labute approximate surface area is 134 Å². The van der Waals surface area contributed by atoms with Gasteiger partial charge in [-0.1, -0.05) is 0 Å². The molecule has 22 heavy (non-hydrogen) atoms. The first-order valence-electron chi connectivity index (χ1n) is 6.36. The normalized spacial score (nSPS) is 9.86. The van der Waals surface area contributed by atoms with E-state index in [1.54, 1.807) is 13.8 Å². The van der Waals surface area contributed by atoms with Crippen molar-refractivity contribution < 1.29 is 27.8 Å². The number of nitrogens with one attached hydrogen (secondary N) is 1. The van der Waals surface area contributed by atoms with Crippen molar-refractivity contribution >= 4 is 33.6 Å². The van der Waals surface area contributed by atoms with Crippen molar-refractivity contribution in [3.05, 3.63) is 40.0 Å². The van der Waals surface area contributed by atoms with Crippen LogP contribution in [-0.4, -0.2) is 25.2 Å². The van der Waals surface area contributed by atoms with Gasteiger partial charge in [0.2, 0.25) is 0 Å². The molecule has 0 bridgehead atoms. The molecule has 0 aliphatic heterocycles. The Morgan fingerprint density at radius 3 is 2.18 bits per heavy atom. The summed E-state index contributed by atoms with van der Waals surface area (Å²) in [4.78, 5) is 23.4. The predicted octanol–water partition coefficient (Wildman–Crippen LogP) is 3.15. The van der Waals surface area contributed by atoms with E-state index in [0.717, 1.165) is 12.3 Å². The van der Waals surface area contributed by atoms with Gasteiger partial charge in [-0.2, -0.15) is 0 Å². The molecule has 0 fully saturated rings. The summed E-state index contributed by atoms with van der Waals surface area (Å²) < 4.78 is 36.2. The number of esters is 2. The molecule has 0 atom stereocenters. The zero-order valence-electron chi connectivity index (χ0n) is 11.9. The average Bonchev–Trinajstić information content (AvgIpc) is 2.45. The molecule has 1 rings (SSSR count). The van der Waals surface area contributed by atoms with E-state index in [-0.39, 0.29) is 23.4 Å². The van der Waals surface area contributed by atoms with Gasteiger partial charge < -0.3 is 14.8 Å². The highest BCUT2D eigenvalue weighted by atomic mass is 79.9. The molecule has 0 aliphatic carbocycles. The maximum absolute atomic E-state index is 13.6. The van der Waals surface area contributed by atoms with E-state index in [4.69, 9.17) is 9.47 Å². The minimum absolute atomic E-state index is 0.0265. The fraction of sp³-hybridized carbons (Fsp3) is 0.286. The van der Waals surface area contributed by atoms with Crippen LogP contribution >= 0.6 is 15.9 Å². The Bertz CT molecular complexity index is 585. The molecule has 0 heterocycles. The quantitative estimate of drug-likeness (QED) is 0.271. The van der Waals surface area contributed by atoms with Gasteiger partial charge in [0.25, 0.3) is 0 Å². The molecule has 1 N–H and O–H groups in total. The number of hydrogen-bond acceptors (Lipinski definition) is 5. The zero-order chi connectivity index (χ0) is 16.7. The summed E-state index contributed by atoms with van der Waals surface area (Å²) in [6.07, 6.45) is 0.957. The van der Waals surface area contributed by atoms with Crippen molar-refractivity contribution in [1.29, 1.82) is 0 Å². The van der Waals surface area contributed by atoms with E-state index in [1.165, 1.54) is 0 Å². The maximum Gasteiger partial charge on any atom is 0.347 e. The monoisotopic (exact) mass is 377 g/mol. The van der Waals surface area contributed by atoms with Crippen LogP contribution in [0, 0.1) is 11.6 Å². The van der Waals surface area contributed by atoms with E-state index in [2.05, 4.69) is 21.2 Å². The summed E-state index contributed by atoms with van der Waals surface area (Å²) in [6, 6.07) is 1.80. The van der Waals surface area contributed by atoms with Crippen molar-refractivity contribution in [2.75, 3.05) is 18.5 Å². The van der Waals surface area contributed by atoms with Gasteiger partial charge in [-0.05, 0) is 35.8 Å². The molecule has 0 saturated carbocycles. The lowest BCUT2D eigenvalue weighted by molar-refractivity contribution is -0.146. The molecule has 0 saturated heterocycles. The Morgan fingerprint density at radius 2 is 1.68 bits per heavy atom. The topological polar surface area (TPSA) is 64.6 Å². The number of halogens is 3. The third-order valence-electron chi connectivity index (χ3n) is 2.37. The van der Waals surface area contributed by atoms with Gasteiger partial charge in [0.05, 0.1) is 23.4 Å². The van der Waals surface area contributed by atoms with Gasteiger partial charge >= 0.3 is 11.9 Å². The number of hydrogen-bond donors (Lipinski definition) is 1. The molecule has 0 amide bonds. The van der Waals surface area contributed by atoms with Crippen molar-refractivity contribution in [1.82, 2.24) is 0 Å². The number of anilines is 1. The van der Waals surface area contributed by atoms with Gasteiger partial charge in [-0.25, -0.2) is 18.4 Å². The fourth-order valence-electron chi connectivity index (χ4n) is 1.40. The van der Waals surface area contributed by atoms with Crippen LogP contribution in [0.2, 0.25) is 0 Å². The van der Waals surface area contributed by atoms with Crippen molar-refractivity contribution in [2.24, 2.45) is 0 Å². The number of ether oxygens (including phenoxy) is 2. The van der Waals surface area contributed by atoms with Crippen LogP contribution in [0.15, 0.2) is 28.4 Å². The highest BCUT2D eigenvalue weighted by Gasteiger charge is 2.21. The Hall–Kier alpha value is -1.96. The molecule has 0 spiro atoms. The standard InChI is InChI=1S/C14H14BrF2NO4/c1-3-21-13(19)8(14(20)22-4-2)7-18-12-5-9(15)10(16)6-11(12)17/h5-7,18H,3-4H2,1-2H3. The Morgan fingerprint density at radius 1 is 1.14 bits per heavy atom. The number of carbonyl (C=O) groups excluding carboxylic acids is 2. The number of carbonyl (C=O) groups is 2. The highest BCUT2D eigenvalue weighted by molar-refractivity contribution is 9.10. The molecule has 0 radical (unpaired) electrons. The van der Waals surface area contributed by atoms with Crippen LogP contribution < -0.4 is 5.32 Å². The summed E-state index contributed by atoms with van der Waals surface area (Å²) >= 11 is 2.91. The Balaban J connectivity index is 3.05. The summed E-state index contributed by atoms with van der Waals surface area (Å²) in [5.41, 5.74) is -0.553. The summed E-state index contributed by atoms with van der Waals surface area (Å²) in [7, 11) is 0. The van der Waals surface area contributed by atoms with Crippen LogP contribution in [0.3, 0.4) is 0 Å². The third-order valence-corrected chi connectivity index (χ3v) is 2.98. The van der Waals surface area contributed by atoms with Crippen LogP contribution in [0.25, 0.3) is 0 Å². The first kappa shape index (κ1) is 18.1. The lowest BCUT2D eigenvalue weighted by atomic mass is 10.2. The van der Waals surface area contributed by atoms with E-state index in [1.807, 2.05) is 0 Å². The van der Waals surface area contributed by atoms with Crippen LogP contribution in [0.4, 0.5) is 14.5 Å². The molecule has 1 aromatic carbocycles. The van der Waals surface area contributed by atoms with Gasteiger partial charge in [-0.3, -0.25) is 0 Å². The number of benzene rings is 1. The highest BCUT2D eigenvalue weighted by Crippen LogP contribution is 2.23. The first-order valence-corrected chi connectivity index (χ1v) is 7.15. The maximum atomic E-state index is 13.6. The summed E-state index contributed by atoms with van der Waals surface area (Å²) in [5, 5.41) is 2.42. The van der Waals surface area contributed by atoms with E-state index in [0.29, 0.717) is 6.07 Å². The molecule has 0 aromatic heterocycles. The van der Waals surface area contributed by atoms with Crippen molar-refractivity contribution in [3.63, 3.8) is 0 Å². The molecular weight excluding hydrogens is 364 g/mol. The SMILES string of the molecule is CCOC(=O)C(=CNc1cc(Br)c(F)cc1F)C(=O)OCC. The average molecular weight is 378 g/mol. The van der Waals surface area contributed by atoms with Crippen molar-refractivity contribution in [3.8, 4) is 0 Å². The van der Waals surface area contributed by atoms with Gasteiger partial charge in [0, 0.05) is 12.3 Å². The minimum atomic E-state index is -0.907. The smallest absolute Gasteiger partial charge is 0.347 e. The second kappa shape index (κ2) is 8.47. The summed E-state index contributed by atoms with van der Waals surface area (Å²) in [6.45, 7) is 3.27. The largest absolute Gasteiger partial charge is 0.462 e. The third kappa shape index (κ3) is 4.80. The first-order chi connectivity index (χ1) is 10.4. The van der Waals surface area contributed by atoms with E-state index >= 15 is 0 Å². The molecule has 1 aromatic rings. The fourth-order valence-corrected chi connectivity index (χ4v) is 1.75. The van der Waals surface area contributed by atoms with Gasteiger partial charge in [0.1, 0.15) is 11.6 Å². The zero-order valence-corrected chi connectivity index (χ0v) is 13.5. The minimum Gasteiger partial charge on any atom is -0.462 e. The lowest BCUT2D eigenvalue weighted by Crippen LogP contribution is -2.19. The molecule has 120 valence electrons. The molecule has 5 nitrogen and oxygen atoms in total. The molecule has 0 aliphatic rings. The molecular formula is C14H14BrF2NO4.